The van der Waals surface area contributed by atoms with Crippen molar-refractivity contribution in [3.05, 3.63) is 57.6 Å². The molecule has 0 fully saturated rings. The first-order valence-corrected chi connectivity index (χ1v) is 6.39. The van der Waals surface area contributed by atoms with E-state index in [2.05, 4.69) is 22.9 Å². The van der Waals surface area contributed by atoms with E-state index >= 15 is 0 Å². The van der Waals surface area contributed by atoms with Crippen molar-refractivity contribution < 1.29 is 9.53 Å². The molecule has 0 radical (unpaired) electrons. The molecule has 0 saturated carbocycles. The smallest absolute Gasteiger partial charge is 0.151 e. The molecule has 0 aliphatic rings. The largest absolute Gasteiger partial charge is 0.457 e. The molecule has 0 aliphatic heterocycles. The minimum atomic E-state index is 0.580. The Morgan fingerprint density at radius 2 is 1.67 bits per heavy atom. The van der Waals surface area contributed by atoms with Crippen LogP contribution in [0.2, 0.25) is 0 Å². The fourth-order valence-electron chi connectivity index (χ4n) is 1.59. The highest BCUT2D eigenvalue weighted by Gasteiger charge is 2.03. The first-order chi connectivity index (χ1) is 8.60. The van der Waals surface area contributed by atoms with Crippen LogP contribution in [0.1, 0.15) is 21.5 Å². The summed E-state index contributed by atoms with van der Waals surface area (Å²) in [6, 6.07) is 11.3. The first-order valence-electron chi connectivity index (χ1n) is 5.60. The molecule has 2 rings (SSSR count). The van der Waals surface area contributed by atoms with Crippen molar-refractivity contribution in [3.63, 3.8) is 0 Å². The Morgan fingerprint density at radius 3 is 2.33 bits per heavy atom. The normalized spacial score (nSPS) is 10.2. The molecule has 0 aromatic heterocycles. The van der Waals surface area contributed by atoms with Gasteiger partial charge in [-0.25, -0.2) is 0 Å². The molecule has 0 amide bonds. The van der Waals surface area contributed by atoms with E-state index in [1.54, 1.807) is 12.1 Å². The van der Waals surface area contributed by atoms with Crippen LogP contribution in [-0.2, 0) is 0 Å². The van der Waals surface area contributed by atoms with Crippen LogP contribution in [0.25, 0.3) is 0 Å². The highest BCUT2D eigenvalue weighted by molar-refractivity contribution is 9.10. The van der Waals surface area contributed by atoms with Gasteiger partial charge >= 0.3 is 0 Å². The number of aldehydes is 1. The lowest BCUT2D eigenvalue weighted by Crippen LogP contribution is -1.89. The lowest BCUT2D eigenvalue weighted by molar-refractivity contribution is 0.112. The molecule has 0 atom stereocenters. The number of hydrogen-bond acceptors (Lipinski definition) is 2. The van der Waals surface area contributed by atoms with Gasteiger partial charge in [0.1, 0.15) is 11.5 Å². The highest BCUT2D eigenvalue weighted by atomic mass is 79.9. The van der Waals surface area contributed by atoms with Crippen molar-refractivity contribution in [1.29, 1.82) is 0 Å². The van der Waals surface area contributed by atoms with Crippen molar-refractivity contribution in [3.8, 4) is 11.5 Å². The summed E-state index contributed by atoms with van der Waals surface area (Å²) in [4.78, 5) is 10.8. The van der Waals surface area contributed by atoms with Crippen LogP contribution < -0.4 is 4.74 Å². The van der Waals surface area contributed by atoms with E-state index < -0.39 is 0 Å². The molecule has 0 N–H and O–H groups in total. The molecule has 0 unspecified atom stereocenters. The van der Waals surface area contributed by atoms with E-state index in [1.165, 1.54) is 11.1 Å². The number of rotatable bonds is 3. The number of halogens is 1. The Morgan fingerprint density at radius 1 is 1.00 bits per heavy atom. The van der Waals surface area contributed by atoms with Crippen molar-refractivity contribution in [2.45, 2.75) is 13.8 Å². The second-order valence-electron chi connectivity index (χ2n) is 4.15. The lowest BCUT2D eigenvalue weighted by Gasteiger charge is -2.08. The number of hydrogen-bond donors (Lipinski definition) is 0. The number of carbonyl (C=O) groups excluding carboxylic acids is 1. The molecule has 0 heterocycles. The second kappa shape index (κ2) is 5.36. The summed E-state index contributed by atoms with van der Waals surface area (Å²) < 4.78 is 6.50. The quantitative estimate of drug-likeness (QED) is 0.770. The molecule has 0 aliphatic carbocycles. The third kappa shape index (κ3) is 2.79. The zero-order valence-corrected chi connectivity index (χ0v) is 11.8. The molecule has 2 aromatic carbocycles. The van der Waals surface area contributed by atoms with Crippen LogP contribution >= 0.6 is 15.9 Å². The lowest BCUT2D eigenvalue weighted by atomic mass is 10.1. The second-order valence-corrected chi connectivity index (χ2v) is 5.00. The van der Waals surface area contributed by atoms with Gasteiger partial charge in [0.15, 0.2) is 6.29 Å². The Bertz CT molecular complexity index is 591. The molecule has 92 valence electrons. The SMILES string of the molecule is Cc1ccc(Oc2ccc(Br)c(C=O)c2)cc1C. The summed E-state index contributed by atoms with van der Waals surface area (Å²) >= 11 is 3.31. The molecule has 0 bridgehead atoms. The first kappa shape index (κ1) is 12.8. The maximum absolute atomic E-state index is 10.8. The summed E-state index contributed by atoms with van der Waals surface area (Å²) in [5, 5.41) is 0. The van der Waals surface area contributed by atoms with E-state index in [1.807, 2.05) is 31.2 Å². The van der Waals surface area contributed by atoms with E-state index in [0.717, 1.165) is 16.5 Å². The van der Waals surface area contributed by atoms with E-state index in [0.29, 0.717) is 11.3 Å². The monoisotopic (exact) mass is 304 g/mol. The maximum Gasteiger partial charge on any atom is 0.151 e. The molecule has 0 spiro atoms. The zero-order chi connectivity index (χ0) is 13.1. The summed E-state index contributed by atoms with van der Waals surface area (Å²) in [5.41, 5.74) is 2.99. The van der Waals surface area contributed by atoms with E-state index in [-0.39, 0.29) is 0 Å². The summed E-state index contributed by atoms with van der Waals surface area (Å²) in [6.45, 7) is 4.10. The Kier molecular flexibility index (Phi) is 3.82. The van der Waals surface area contributed by atoms with Gasteiger partial charge in [-0.15, -0.1) is 0 Å². The summed E-state index contributed by atoms with van der Waals surface area (Å²) in [5.74, 6) is 1.43. The van der Waals surface area contributed by atoms with Gasteiger partial charge < -0.3 is 4.74 Å². The van der Waals surface area contributed by atoms with Crippen molar-refractivity contribution in [1.82, 2.24) is 0 Å². The predicted molar refractivity (Wildman–Crippen MR) is 75.5 cm³/mol. The van der Waals surface area contributed by atoms with Crippen LogP contribution in [0.5, 0.6) is 11.5 Å². The Balaban J connectivity index is 2.28. The van der Waals surface area contributed by atoms with Gasteiger partial charge in [0, 0.05) is 10.0 Å². The number of ether oxygens (including phenoxy) is 1. The average Bonchev–Trinajstić information content (AvgIpc) is 2.36. The molecular weight excluding hydrogens is 292 g/mol. The van der Waals surface area contributed by atoms with Gasteiger partial charge in [-0.05, 0) is 55.3 Å². The van der Waals surface area contributed by atoms with Crippen LogP contribution in [0, 0.1) is 13.8 Å². The standard InChI is InChI=1S/C15H13BrO2/c1-10-3-4-13(7-11(10)2)18-14-5-6-15(16)12(8-14)9-17/h3-9H,1-2H3. The minimum absolute atomic E-state index is 0.580. The van der Waals surface area contributed by atoms with Gasteiger partial charge in [0.25, 0.3) is 0 Å². The Hall–Kier alpha value is -1.61. The molecule has 0 saturated heterocycles. The maximum atomic E-state index is 10.8. The van der Waals surface area contributed by atoms with Crippen molar-refractivity contribution >= 4 is 22.2 Å². The molecule has 2 nitrogen and oxygen atoms in total. The minimum Gasteiger partial charge on any atom is -0.457 e. The van der Waals surface area contributed by atoms with Gasteiger partial charge in [0.2, 0.25) is 0 Å². The van der Waals surface area contributed by atoms with Crippen molar-refractivity contribution in [2.24, 2.45) is 0 Å². The fourth-order valence-corrected chi connectivity index (χ4v) is 1.93. The topological polar surface area (TPSA) is 26.3 Å². The summed E-state index contributed by atoms with van der Waals surface area (Å²) in [6.07, 6.45) is 0.803. The number of aryl methyl sites for hydroxylation is 2. The predicted octanol–water partition coefficient (Wildman–Crippen LogP) is 4.67. The average molecular weight is 305 g/mol. The van der Waals surface area contributed by atoms with E-state index in [4.69, 9.17) is 4.74 Å². The van der Waals surface area contributed by atoms with Crippen LogP contribution in [0.4, 0.5) is 0 Å². The van der Waals surface area contributed by atoms with Crippen LogP contribution in [0.3, 0.4) is 0 Å². The van der Waals surface area contributed by atoms with Gasteiger partial charge in [-0.2, -0.15) is 0 Å². The van der Waals surface area contributed by atoms with Gasteiger partial charge in [0.05, 0.1) is 0 Å². The third-order valence-corrected chi connectivity index (χ3v) is 3.53. The third-order valence-electron chi connectivity index (χ3n) is 2.81. The zero-order valence-electron chi connectivity index (χ0n) is 10.2. The molecule has 18 heavy (non-hydrogen) atoms. The fraction of sp³-hybridized carbons (Fsp3) is 0.133. The Labute approximate surface area is 115 Å². The van der Waals surface area contributed by atoms with E-state index in [9.17, 15) is 4.79 Å². The molecule has 2 aromatic rings. The summed E-state index contributed by atoms with van der Waals surface area (Å²) in [7, 11) is 0. The number of benzene rings is 2. The van der Waals surface area contributed by atoms with Gasteiger partial charge in [-0.1, -0.05) is 22.0 Å². The van der Waals surface area contributed by atoms with Crippen LogP contribution in [-0.4, -0.2) is 6.29 Å². The molecular formula is C15H13BrO2. The molecule has 3 heteroatoms. The number of carbonyl (C=O) groups is 1. The van der Waals surface area contributed by atoms with Crippen molar-refractivity contribution in [2.75, 3.05) is 0 Å². The van der Waals surface area contributed by atoms with Gasteiger partial charge in [-0.3, -0.25) is 4.79 Å². The highest BCUT2D eigenvalue weighted by Crippen LogP contribution is 2.27. The van der Waals surface area contributed by atoms with Crippen LogP contribution in [0.15, 0.2) is 40.9 Å².